The van der Waals surface area contributed by atoms with Crippen LogP contribution in [0.2, 0.25) is 0 Å². The Morgan fingerprint density at radius 3 is 2.82 bits per heavy atom. The molecule has 6 heteroatoms. The third-order valence-electron chi connectivity index (χ3n) is 2.17. The van der Waals surface area contributed by atoms with E-state index in [1.54, 1.807) is 31.2 Å². The van der Waals surface area contributed by atoms with Gasteiger partial charge >= 0.3 is 0 Å². The average Bonchev–Trinajstić information content (AvgIpc) is 2.74. The van der Waals surface area contributed by atoms with E-state index < -0.39 is 0 Å². The van der Waals surface area contributed by atoms with Crippen molar-refractivity contribution in [2.75, 3.05) is 12.4 Å². The van der Waals surface area contributed by atoms with Crippen LogP contribution in [0.3, 0.4) is 0 Å². The van der Waals surface area contributed by atoms with Crippen molar-refractivity contribution in [3.05, 3.63) is 35.7 Å². The highest BCUT2D eigenvalue weighted by Crippen LogP contribution is 2.18. The minimum atomic E-state index is -0.304. The predicted molar refractivity (Wildman–Crippen MR) is 62.1 cm³/mol. The monoisotopic (exact) mass is 232 g/mol. The Morgan fingerprint density at radius 2 is 2.18 bits per heavy atom. The second-order valence-electron chi connectivity index (χ2n) is 3.40. The molecule has 0 bridgehead atoms. The number of aryl methyl sites for hydroxylation is 1. The van der Waals surface area contributed by atoms with Crippen LogP contribution in [0.15, 0.2) is 24.3 Å². The molecule has 0 aliphatic rings. The lowest BCUT2D eigenvalue weighted by Gasteiger charge is -2.06. The number of nitrogens with one attached hydrogen (secondary N) is 2. The number of carbonyl (C=O) groups is 1. The molecule has 88 valence electrons. The van der Waals surface area contributed by atoms with Crippen molar-refractivity contribution < 1.29 is 9.53 Å². The molecule has 0 radical (unpaired) electrons. The number of benzene rings is 1. The maximum atomic E-state index is 11.9. The van der Waals surface area contributed by atoms with Crippen molar-refractivity contribution in [3.63, 3.8) is 0 Å². The summed E-state index contributed by atoms with van der Waals surface area (Å²) in [5.41, 5.74) is 0.442. The zero-order chi connectivity index (χ0) is 12.3. The molecule has 1 aromatic heterocycles. The fourth-order valence-electron chi connectivity index (χ4n) is 1.40. The van der Waals surface area contributed by atoms with Crippen molar-refractivity contribution in [1.29, 1.82) is 0 Å². The Balaban J connectivity index is 2.20. The number of anilines is 1. The topological polar surface area (TPSA) is 79.9 Å². The summed E-state index contributed by atoms with van der Waals surface area (Å²) in [5.74, 6) is 1.09. The minimum absolute atomic E-state index is 0.249. The van der Waals surface area contributed by atoms with E-state index in [9.17, 15) is 4.79 Å². The van der Waals surface area contributed by atoms with E-state index in [0.29, 0.717) is 17.1 Å². The Hall–Kier alpha value is -2.37. The van der Waals surface area contributed by atoms with E-state index in [4.69, 9.17) is 4.74 Å². The number of hydrogen-bond acceptors (Lipinski definition) is 4. The Bertz CT molecular complexity index is 536. The van der Waals surface area contributed by atoms with Crippen molar-refractivity contribution in [1.82, 2.24) is 15.2 Å². The molecule has 1 aromatic carbocycles. The largest absolute Gasteiger partial charge is 0.496 e. The normalized spacial score (nSPS) is 10.0. The first-order valence-electron chi connectivity index (χ1n) is 5.04. The summed E-state index contributed by atoms with van der Waals surface area (Å²) in [7, 11) is 1.52. The van der Waals surface area contributed by atoms with Gasteiger partial charge in [0.1, 0.15) is 11.6 Å². The summed E-state index contributed by atoms with van der Waals surface area (Å²) in [4.78, 5) is 15.9. The van der Waals surface area contributed by atoms with Crippen LogP contribution in [0.5, 0.6) is 5.75 Å². The summed E-state index contributed by atoms with van der Waals surface area (Å²) in [5, 5.41) is 9.06. The van der Waals surface area contributed by atoms with E-state index in [2.05, 4.69) is 20.5 Å². The van der Waals surface area contributed by atoms with Gasteiger partial charge in [0.25, 0.3) is 5.91 Å². The first kappa shape index (κ1) is 11.1. The van der Waals surface area contributed by atoms with Crippen LogP contribution in [-0.4, -0.2) is 28.2 Å². The van der Waals surface area contributed by atoms with E-state index in [1.807, 2.05) is 0 Å². The summed E-state index contributed by atoms with van der Waals surface area (Å²) in [6.07, 6.45) is 0. The number of nitrogens with zero attached hydrogens (tertiary/aromatic N) is 2. The van der Waals surface area contributed by atoms with Gasteiger partial charge in [-0.15, -0.1) is 5.10 Å². The molecule has 0 saturated carbocycles. The number of aromatic amines is 1. The Kier molecular flexibility index (Phi) is 3.04. The first-order chi connectivity index (χ1) is 8.20. The lowest BCUT2D eigenvalue weighted by Crippen LogP contribution is -2.14. The van der Waals surface area contributed by atoms with Gasteiger partial charge in [-0.2, -0.15) is 4.98 Å². The molecule has 0 atom stereocenters. The molecule has 2 N–H and O–H groups in total. The summed E-state index contributed by atoms with van der Waals surface area (Å²) in [6, 6.07) is 6.96. The molecule has 1 amide bonds. The van der Waals surface area contributed by atoms with Crippen LogP contribution >= 0.6 is 0 Å². The Labute approximate surface area is 98.0 Å². The predicted octanol–water partition coefficient (Wildman–Crippen LogP) is 1.37. The van der Waals surface area contributed by atoms with Gasteiger partial charge in [-0.25, -0.2) is 0 Å². The van der Waals surface area contributed by atoms with Gasteiger partial charge in [0.2, 0.25) is 5.95 Å². The van der Waals surface area contributed by atoms with Gasteiger partial charge in [-0.05, 0) is 19.1 Å². The quantitative estimate of drug-likeness (QED) is 0.837. The van der Waals surface area contributed by atoms with Crippen molar-refractivity contribution in [2.24, 2.45) is 0 Å². The van der Waals surface area contributed by atoms with Crippen LogP contribution < -0.4 is 10.1 Å². The lowest BCUT2D eigenvalue weighted by molar-refractivity contribution is 0.102. The molecule has 2 aromatic rings. The number of amides is 1. The molecule has 1 heterocycles. The zero-order valence-electron chi connectivity index (χ0n) is 9.52. The SMILES string of the molecule is COc1ccccc1C(=O)Nc1n[nH]c(C)n1. The number of aromatic nitrogens is 3. The number of methoxy groups -OCH3 is 1. The smallest absolute Gasteiger partial charge is 0.261 e. The first-order valence-corrected chi connectivity index (χ1v) is 5.04. The van der Waals surface area contributed by atoms with E-state index in [0.717, 1.165) is 0 Å². The van der Waals surface area contributed by atoms with Gasteiger partial charge in [0.15, 0.2) is 0 Å². The summed E-state index contributed by atoms with van der Waals surface area (Å²) >= 11 is 0. The van der Waals surface area contributed by atoms with Crippen molar-refractivity contribution >= 4 is 11.9 Å². The van der Waals surface area contributed by atoms with Gasteiger partial charge in [-0.1, -0.05) is 12.1 Å². The maximum absolute atomic E-state index is 11.9. The van der Waals surface area contributed by atoms with Gasteiger partial charge < -0.3 is 4.74 Å². The third-order valence-corrected chi connectivity index (χ3v) is 2.17. The van der Waals surface area contributed by atoms with E-state index in [-0.39, 0.29) is 11.9 Å². The van der Waals surface area contributed by atoms with E-state index >= 15 is 0 Å². The lowest BCUT2D eigenvalue weighted by atomic mass is 10.2. The van der Waals surface area contributed by atoms with Gasteiger partial charge in [-0.3, -0.25) is 15.2 Å². The van der Waals surface area contributed by atoms with Crippen molar-refractivity contribution in [3.8, 4) is 5.75 Å². The Morgan fingerprint density at radius 1 is 1.41 bits per heavy atom. The molecular weight excluding hydrogens is 220 g/mol. The minimum Gasteiger partial charge on any atom is -0.496 e. The van der Waals surface area contributed by atoms with Crippen LogP contribution in [0.4, 0.5) is 5.95 Å². The maximum Gasteiger partial charge on any atom is 0.261 e. The molecule has 6 nitrogen and oxygen atoms in total. The van der Waals surface area contributed by atoms with Crippen molar-refractivity contribution in [2.45, 2.75) is 6.92 Å². The zero-order valence-corrected chi connectivity index (χ0v) is 9.52. The van der Waals surface area contributed by atoms with Gasteiger partial charge in [0, 0.05) is 0 Å². The molecule has 17 heavy (non-hydrogen) atoms. The van der Waals surface area contributed by atoms with Crippen LogP contribution in [0.1, 0.15) is 16.2 Å². The second kappa shape index (κ2) is 4.65. The highest BCUT2D eigenvalue weighted by molar-refractivity contribution is 6.05. The molecular formula is C11H12N4O2. The second-order valence-corrected chi connectivity index (χ2v) is 3.40. The highest BCUT2D eigenvalue weighted by Gasteiger charge is 2.13. The molecule has 0 saturated heterocycles. The van der Waals surface area contributed by atoms with Gasteiger partial charge in [0.05, 0.1) is 12.7 Å². The number of hydrogen-bond donors (Lipinski definition) is 2. The van der Waals surface area contributed by atoms with Crippen LogP contribution in [0.25, 0.3) is 0 Å². The van der Waals surface area contributed by atoms with Crippen LogP contribution in [-0.2, 0) is 0 Å². The number of ether oxygens (including phenoxy) is 1. The molecule has 0 aliphatic carbocycles. The fraction of sp³-hybridized carbons (Fsp3) is 0.182. The number of H-pyrrole nitrogens is 1. The molecule has 0 unspecified atom stereocenters. The summed E-state index contributed by atoms with van der Waals surface area (Å²) in [6.45, 7) is 1.76. The number of carbonyl (C=O) groups excluding carboxylic acids is 1. The molecule has 0 fully saturated rings. The highest BCUT2D eigenvalue weighted by atomic mass is 16.5. The average molecular weight is 232 g/mol. The molecule has 0 aliphatic heterocycles. The summed E-state index contributed by atoms with van der Waals surface area (Å²) < 4.78 is 5.10. The van der Waals surface area contributed by atoms with Crippen LogP contribution in [0, 0.1) is 6.92 Å². The van der Waals surface area contributed by atoms with E-state index in [1.165, 1.54) is 7.11 Å². The molecule has 0 spiro atoms. The third kappa shape index (κ3) is 2.41. The fourth-order valence-corrected chi connectivity index (χ4v) is 1.40. The standard InChI is InChI=1S/C11H12N4O2/c1-7-12-11(15-14-7)13-10(16)8-5-3-4-6-9(8)17-2/h3-6H,1-2H3,(H2,12,13,14,15,16). The molecule has 2 rings (SSSR count). The number of rotatable bonds is 3. The number of para-hydroxylation sites is 1.